The average molecular weight is 230 g/mol. The van der Waals surface area contributed by atoms with E-state index in [2.05, 4.69) is 10.3 Å². The van der Waals surface area contributed by atoms with Gasteiger partial charge in [-0.3, -0.25) is 9.78 Å². The summed E-state index contributed by atoms with van der Waals surface area (Å²) < 4.78 is 13.2. The molecule has 0 saturated carbocycles. The van der Waals surface area contributed by atoms with Crippen molar-refractivity contribution in [1.29, 1.82) is 0 Å². The lowest BCUT2D eigenvalue weighted by atomic mass is 10.2. The number of hydrogen-bond donors (Lipinski definition) is 1. The molecule has 0 radical (unpaired) electrons. The van der Waals surface area contributed by atoms with Crippen molar-refractivity contribution < 1.29 is 9.18 Å². The van der Waals surface area contributed by atoms with E-state index in [1.54, 1.807) is 0 Å². The number of carbonyl (C=O) groups is 1. The average Bonchev–Trinajstić information content (AvgIpc) is 2.38. The van der Waals surface area contributed by atoms with E-state index in [0.29, 0.717) is 6.54 Å². The normalized spacial score (nSPS) is 9.94. The van der Waals surface area contributed by atoms with Crippen LogP contribution in [0, 0.1) is 5.82 Å². The SMILES string of the molecule is O=C(NCc1ccccc1)c1ccncc1F. The van der Waals surface area contributed by atoms with Gasteiger partial charge in [-0.1, -0.05) is 30.3 Å². The fourth-order valence-corrected chi connectivity index (χ4v) is 1.43. The summed E-state index contributed by atoms with van der Waals surface area (Å²) in [6.45, 7) is 0.376. The molecule has 0 unspecified atom stereocenters. The van der Waals surface area contributed by atoms with Gasteiger partial charge in [0.15, 0.2) is 5.82 Å². The molecular formula is C13H11FN2O. The Balaban J connectivity index is 2.01. The van der Waals surface area contributed by atoms with Crippen LogP contribution in [0.15, 0.2) is 48.8 Å². The van der Waals surface area contributed by atoms with Gasteiger partial charge in [0, 0.05) is 12.7 Å². The van der Waals surface area contributed by atoms with Gasteiger partial charge < -0.3 is 5.32 Å². The van der Waals surface area contributed by atoms with Crippen LogP contribution in [0.25, 0.3) is 0 Å². The Hall–Kier alpha value is -2.23. The lowest BCUT2D eigenvalue weighted by Crippen LogP contribution is -2.23. The van der Waals surface area contributed by atoms with Crippen LogP contribution in [-0.4, -0.2) is 10.9 Å². The van der Waals surface area contributed by atoms with E-state index in [0.717, 1.165) is 11.8 Å². The summed E-state index contributed by atoms with van der Waals surface area (Å²) in [6.07, 6.45) is 2.41. The Bertz CT molecular complexity index is 514. The van der Waals surface area contributed by atoms with Crippen LogP contribution in [0.5, 0.6) is 0 Å². The predicted molar refractivity (Wildman–Crippen MR) is 61.8 cm³/mol. The van der Waals surface area contributed by atoms with E-state index in [9.17, 15) is 9.18 Å². The summed E-state index contributed by atoms with van der Waals surface area (Å²) in [5.74, 6) is -1.05. The molecule has 0 aliphatic heterocycles. The Morgan fingerprint density at radius 1 is 1.24 bits per heavy atom. The van der Waals surface area contributed by atoms with Crippen molar-refractivity contribution in [3.63, 3.8) is 0 Å². The highest BCUT2D eigenvalue weighted by molar-refractivity contribution is 5.94. The Kier molecular flexibility index (Phi) is 3.45. The second-order valence-electron chi connectivity index (χ2n) is 3.52. The molecule has 0 aliphatic carbocycles. The van der Waals surface area contributed by atoms with Crippen LogP contribution in [-0.2, 0) is 6.54 Å². The van der Waals surface area contributed by atoms with Crippen molar-refractivity contribution in [2.24, 2.45) is 0 Å². The molecule has 86 valence electrons. The molecule has 2 rings (SSSR count). The molecule has 17 heavy (non-hydrogen) atoms. The number of amides is 1. The summed E-state index contributed by atoms with van der Waals surface area (Å²) in [4.78, 5) is 15.3. The van der Waals surface area contributed by atoms with E-state index >= 15 is 0 Å². The van der Waals surface area contributed by atoms with Crippen LogP contribution in [0.1, 0.15) is 15.9 Å². The van der Waals surface area contributed by atoms with Crippen LogP contribution >= 0.6 is 0 Å². The van der Waals surface area contributed by atoms with Gasteiger partial charge in [-0.15, -0.1) is 0 Å². The maximum Gasteiger partial charge on any atom is 0.254 e. The van der Waals surface area contributed by atoms with Gasteiger partial charge in [0.05, 0.1) is 11.8 Å². The summed E-state index contributed by atoms with van der Waals surface area (Å²) in [5, 5.41) is 2.65. The maximum atomic E-state index is 13.2. The van der Waals surface area contributed by atoms with Crippen LogP contribution in [0.2, 0.25) is 0 Å². The summed E-state index contributed by atoms with van der Waals surface area (Å²) in [7, 11) is 0. The van der Waals surface area contributed by atoms with Crippen molar-refractivity contribution >= 4 is 5.91 Å². The number of benzene rings is 1. The van der Waals surface area contributed by atoms with Gasteiger partial charge in [-0.2, -0.15) is 0 Å². The monoisotopic (exact) mass is 230 g/mol. The first-order chi connectivity index (χ1) is 8.27. The van der Waals surface area contributed by atoms with Crippen molar-refractivity contribution in [2.45, 2.75) is 6.54 Å². The summed E-state index contributed by atoms with van der Waals surface area (Å²) in [5.41, 5.74) is 0.978. The first-order valence-corrected chi connectivity index (χ1v) is 5.19. The van der Waals surface area contributed by atoms with Crippen molar-refractivity contribution in [3.8, 4) is 0 Å². The molecule has 0 bridgehead atoms. The molecule has 1 amide bonds. The molecule has 2 aromatic rings. The third-order valence-corrected chi connectivity index (χ3v) is 2.31. The number of halogens is 1. The number of nitrogens with one attached hydrogen (secondary N) is 1. The van der Waals surface area contributed by atoms with Gasteiger partial charge in [0.2, 0.25) is 0 Å². The Morgan fingerprint density at radius 3 is 2.71 bits per heavy atom. The molecule has 4 heteroatoms. The standard InChI is InChI=1S/C13H11FN2O/c14-12-9-15-7-6-11(12)13(17)16-8-10-4-2-1-3-5-10/h1-7,9H,8H2,(H,16,17). The number of nitrogens with zero attached hydrogens (tertiary/aromatic N) is 1. The molecule has 1 N–H and O–H groups in total. The van der Waals surface area contributed by atoms with E-state index in [1.807, 2.05) is 30.3 Å². The maximum absolute atomic E-state index is 13.2. The van der Waals surface area contributed by atoms with Crippen LogP contribution in [0.3, 0.4) is 0 Å². The van der Waals surface area contributed by atoms with Gasteiger partial charge in [-0.25, -0.2) is 4.39 Å². The minimum atomic E-state index is -0.613. The second-order valence-corrected chi connectivity index (χ2v) is 3.52. The second kappa shape index (κ2) is 5.21. The third-order valence-electron chi connectivity index (χ3n) is 2.31. The molecule has 0 fully saturated rings. The Morgan fingerprint density at radius 2 is 2.00 bits per heavy atom. The topological polar surface area (TPSA) is 42.0 Å². The van der Waals surface area contributed by atoms with Gasteiger partial charge in [-0.05, 0) is 11.6 Å². The molecule has 3 nitrogen and oxygen atoms in total. The van der Waals surface area contributed by atoms with Crippen LogP contribution in [0.4, 0.5) is 4.39 Å². The highest BCUT2D eigenvalue weighted by atomic mass is 19.1. The zero-order valence-corrected chi connectivity index (χ0v) is 9.06. The highest BCUT2D eigenvalue weighted by Crippen LogP contribution is 2.05. The number of pyridine rings is 1. The zero-order valence-electron chi connectivity index (χ0n) is 9.06. The summed E-state index contributed by atoms with van der Waals surface area (Å²) >= 11 is 0. The minimum absolute atomic E-state index is 0.0101. The fraction of sp³-hybridized carbons (Fsp3) is 0.0769. The van der Waals surface area contributed by atoms with E-state index < -0.39 is 11.7 Å². The van der Waals surface area contributed by atoms with E-state index in [1.165, 1.54) is 12.3 Å². The number of aromatic nitrogens is 1. The number of carbonyl (C=O) groups excluding carboxylic acids is 1. The first kappa shape index (κ1) is 11.3. The summed E-state index contributed by atoms with van der Waals surface area (Å²) in [6, 6.07) is 10.8. The molecule has 0 atom stereocenters. The van der Waals surface area contributed by atoms with E-state index in [4.69, 9.17) is 0 Å². The predicted octanol–water partition coefficient (Wildman–Crippen LogP) is 2.15. The number of rotatable bonds is 3. The van der Waals surface area contributed by atoms with Crippen molar-refractivity contribution in [3.05, 3.63) is 65.7 Å². The molecule has 0 saturated heterocycles. The van der Waals surface area contributed by atoms with Crippen molar-refractivity contribution in [1.82, 2.24) is 10.3 Å². The zero-order chi connectivity index (χ0) is 12.1. The Labute approximate surface area is 98.3 Å². The smallest absolute Gasteiger partial charge is 0.254 e. The lowest BCUT2D eigenvalue weighted by Gasteiger charge is -2.05. The number of hydrogen-bond acceptors (Lipinski definition) is 2. The minimum Gasteiger partial charge on any atom is -0.348 e. The van der Waals surface area contributed by atoms with Crippen LogP contribution < -0.4 is 5.32 Å². The first-order valence-electron chi connectivity index (χ1n) is 5.19. The lowest BCUT2D eigenvalue weighted by molar-refractivity contribution is 0.0946. The molecular weight excluding hydrogens is 219 g/mol. The molecule has 1 heterocycles. The third kappa shape index (κ3) is 2.87. The highest BCUT2D eigenvalue weighted by Gasteiger charge is 2.10. The van der Waals surface area contributed by atoms with Crippen molar-refractivity contribution in [2.75, 3.05) is 0 Å². The molecule has 0 aliphatic rings. The molecule has 1 aromatic heterocycles. The van der Waals surface area contributed by atoms with Gasteiger partial charge in [0.25, 0.3) is 5.91 Å². The largest absolute Gasteiger partial charge is 0.348 e. The quantitative estimate of drug-likeness (QED) is 0.877. The van der Waals surface area contributed by atoms with Gasteiger partial charge in [0.1, 0.15) is 0 Å². The van der Waals surface area contributed by atoms with E-state index in [-0.39, 0.29) is 5.56 Å². The molecule has 1 aromatic carbocycles. The van der Waals surface area contributed by atoms with Gasteiger partial charge >= 0.3 is 0 Å². The fourth-order valence-electron chi connectivity index (χ4n) is 1.43. The molecule has 0 spiro atoms.